The Morgan fingerprint density at radius 3 is 2.53 bits per heavy atom. The Hall–Kier alpha value is -2.36. The first-order chi connectivity index (χ1) is 9.20. The SMILES string of the molecule is CNC(=O)c1ccccc1OCc1ccc(F)cc1. The predicted octanol–water partition coefficient (Wildman–Crippen LogP) is 2.76. The molecule has 2 aromatic carbocycles. The standard InChI is InChI=1S/C15H14FNO2/c1-17-15(18)13-4-2-3-5-14(13)19-10-11-6-8-12(16)9-7-11/h2-9H,10H2,1H3,(H,17,18). The van der Waals surface area contributed by atoms with Crippen molar-refractivity contribution in [3.8, 4) is 5.75 Å². The number of benzene rings is 2. The summed E-state index contributed by atoms with van der Waals surface area (Å²) >= 11 is 0. The summed E-state index contributed by atoms with van der Waals surface area (Å²) in [4.78, 5) is 11.6. The fraction of sp³-hybridized carbons (Fsp3) is 0.133. The van der Waals surface area contributed by atoms with Gasteiger partial charge in [0.25, 0.3) is 5.91 Å². The number of ether oxygens (including phenoxy) is 1. The third kappa shape index (κ3) is 3.31. The zero-order valence-electron chi connectivity index (χ0n) is 10.5. The van der Waals surface area contributed by atoms with E-state index in [4.69, 9.17) is 4.74 Å². The van der Waals surface area contributed by atoms with Crippen molar-refractivity contribution in [2.24, 2.45) is 0 Å². The molecule has 1 amide bonds. The molecule has 0 saturated heterocycles. The maximum atomic E-state index is 12.8. The third-order valence-electron chi connectivity index (χ3n) is 2.67. The molecule has 4 heteroatoms. The number of nitrogens with one attached hydrogen (secondary N) is 1. The van der Waals surface area contributed by atoms with Crippen LogP contribution in [0.1, 0.15) is 15.9 Å². The van der Waals surface area contributed by atoms with Gasteiger partial charge in [0.05, 0.1) is 5.56 Å². The molecule has 0 aliphatic rings. The highest BCUT2D eigenvalue weighted by molar-refractivity contribution is 5.96. The molecule has 0 unspecified atom stereocenters. The summed E-state index contributed by atoms with van der Waals surface area (Å²) in [5.41, 5.74) is 1.32. The largest absolute Gasteiger partial charge is 0.488 e. The summed E-state index contributed by atoms with van der Waals surface area (Å²) < 4.78 is 18.4. The van der Waals surface area contributed by atoms with Crippen molar-refractivity contribution in [2.75, 3.05) is 7.05 Å². The lowest BCUT2D eigenvalue weighted by atomic mass is 10.2. The van der Waals surface area contributed by atoms with E-state index in [1.54, 1.807) is 43.4 Å². The number of hydrogen-bond acceptors (Lipinski definition) is 2. The molecule has 0 aliphatic carbocycles. The minimum atomic E-state index is -0.283. The quantitative estimate of drug-likeness (QED) is 0.916. The predicted molar refractivity (Wildman–Crippen MR) is 70.6 cm³/mol. The second-order valence-corrected chi connectivity index (χ2v) is 3.99. The Kier molecular flexibility index (Phi) is 4.13. The van der Waals surface area contributed by atoms with Crippen LogP contribution in [0.2, 0.25) is 0 Å². The number of para-hydroxylation sites is 1. The van der Waals surface area contributed by atoms with Gasteiger partial charge < -0.3 is 10.1 Å². The van der Waals surface area contributed by atoms with Crippen LogP contribution in [-0.4, -0.2) is 13.0 Å². The molecule has 0 heterocycles. The minimum absolute atomic E-state index is 0.199. The molecule has 19 heavy (non-hydrogen) atoms. The molecule has 0 spiro atoms. The Bertz CT molecular complexity index is 567. The van der Waals surface area contributed by atoms with E-state index in [0.717, 1.165) is 5.56 Å². The van der Waals surface area contributed by atoms with Crippen LogP contribution in [0.5, 0.6) is 5.75 Å². The van der Waals surface area contributed by atoms with Crippen LogP contribution in [0, 0.1) is 5.82 Å². The van der Waals surface area contributed by atoms with Gasteiger partial charge in [-0.05, 0) is 29.8 Å². The molecular weight excluding hydrogens is 245 g/mol. The molecule has 2 rings (SSSR count). The average molecular weight is 259 g/mol. The van der Waals surface area contributed by atoms with Gasteiger partial charge in [0.2, 0.25) is 0 Å². The van der Waals surface area contributed by atoms with Crippen molar-refractivity contribution < 1.29 is 13.9 Å². The number of hydrogen-bond donors (Lipinski definition) is 1. The summed E-state index contributed by atoms with van der Waals surface area (Å²) in [5, 5.41) is 2.56. The normalized spacial score (nSPS) is 10.0. The van der Waals surface area contributed by atoms with E-state index in [0.29, 0.717) is 11.3 Å². The summed E-state index contributed by atoms with van der Waals surface area (Å²) in [6, 6.07) is 13.1. The van der Waals surface area contributed by atoms with Crippen LogP contribution < -0.4 is 10.1 Å². The van der Waals surface area contributed by atoms with Gasteiger partial charge in [0, 0.05) is 7.05 Å². The second-order valence-electron chi connectivity index (χ2n) is 3.99. The lowest BCUT2D eigenvalue weighted by Crippen LogP contribution is -2.18. The lowest BCUT2D eigenvalue weighted by Gasteiger charge is -2.10. The molecular formula is C15H14FNO2. The van der Waals surface area contributed by atoms with E-state index in [1.807, 2.05) is 0 Å². The lowest BCUT2D eigenvalue weighted by molar-refractivity contribution is 0.0958. The zero-order valence-corrected chi connectivity index (χ0v) is 10.5. The average Bonchev–Trinajstić information content (AvgIpc) is 2.46. The molecule has 0 fully saturated rings. The van der Waals surface area contributed by atoms with Gasteiger partial charge in [-0.1, -0.05) is 24.3 Å². The Balaban J connectivity index is 2.11. The van der Waals surface area contributed by atoms with E-state index in [1.165, 1.54) is 12.1 Å². The summed E-state index contributed by atoms with van der Waals surface area (Å²) in [6.07, 6.45) is 0. The van der Waals surface area contributed by atoms with Crippen LogP contribution in [0.4, 0.5) is 4.39 Å². The van der Waals surface area contributed by atoms with Crippen molar-refractivity contribution in [2.45, 2.75) is 6.61 Å². The van der Waals surface area contributed by atoms with Gasteiger partial charge in [0.15, 0.2) is 0 Å². The number of halogens is 1. The molecule has 0 radical (unpaired) electrons. The van der Waals surface area contributed by atoms with E-state index in [9.17, 15) is 9.18 Å². The number of amides is 1. The third-order valence-corrected chi connectivity index (χ3v) is 2.67. The fourth-order valence-corrected chi connectivity index (χ4v) is 1.66. The van der Waals surface area contributed by atoms with Crippen LogP contribution in [0.25, 0.3) is 0 Å². The maximum absolute atomic E-state index is 12.8. The summed E-state index contributed by atoms with van der Waals surface area (Å²) in [5.74, 6) is 0.0235. The van der Waals surface area contributed by atoms with E-state index < -0.39 is 0 Å². The highest BCUT2D eigenvalue weighted by Crippen LogP contribution is 2.19. The van der Waals surface area contributed by atoms with Crippen molar-refractivity contribution in [1.29, 1.82) is 0 Å². The maximum Gasteiger partial charge on any atom is 0.254 e. The van der Waals surface area contributed by atoms with Gasteiger partial charge in [-0.2, -0.15) is 0 Å². The first-order valence-electron chi connectivity index (χ1n) is 5.89. The first kappa shape index (κ1) is 13.1. The molecule has 0 aliphatic heterocycles. The smallest absolute Gasteiger partial charge is 0.254 e. The highest BCUT2D eigenvalue weighted by Gasteiger charge is 2.10. The summed E-state index contributed by atoms with van der Waals surface area (Å²) in [6.45, 7) is 0.286. The van der Waals surface area contributed by atoms with Crippen LogP contribution in [0.15, 0.2) is 48.5 Å². The Labute approximate surface area is 111 Å². The summed E-state index contributed by atoms with van der Waals surface area (Å²) in [7, 11) is 1.57. The molecule has 0 saturated carbocycles. The fourth-order valence-electron chi connectivity index (χ4n) is 1.66. The molecule has 0 aromatic heterocycles. The van der Waals surface area contributed by atoms with E-state index in [2.05, 4.69) is 5.32 Å². The molecule has 98 valence electrons. The number of carbonyl (C=O) groups is 1. The number of rotatable bonds is 4. The zero-order chi connectivity index (χ0) is 13.7. The molecule has 1 N–H and O–H groups in total. The molecule has 3 nitrogen and oxygen atoms in total. The second kappa shape index (κ2) is 6.00. The topological polar surface area (TPSA) is 38.3 Å². The molecule has 0 atom stereocenters. The monoisotopic (exact) mass is 259 g/mol. The van der Waals surface area contributed by atoms with Gasteiger partial charge in [-0.15, -0.1) is 0 Å². The van der Waals surface area contributed by atoms with Crippen molar-refractivity contribution in [1.82, 2.24) is 5.32 Å². The van der Waals surface area contributed by atoms with Crippen LogP contribution >= 0.6 is 0 Å². The number of carbonyl (C=O) groups excluding carboxylic acids is 1. The van der Waals surface area contributed by atoms with E-state index >= 15 is 0 Å². The first-order valence-corrected chi connectivity index (χ1v) is 5.89. The van der Waals surface area contributed by atoms with Gasteiger partial charge in [-0.25, -0.2) is 4.39 Å². The Morgan fingerprint density at radius 1 is 1.16 bits per heavy atom. The van der Waals surface area contributed by atoms with Crippen molar-refractivity contribution in [3.63, 3.8) is 0 Å². The minimum Gasteiger partial charge on any atom is -0.488 e. The van der Waals surface area contributed by atoms with Crippen molar-refractivity contribution in [3.05, 3.63) is 65.5 Å². The van der Waals surface area contributed by atoms with Gasteiger partial charge >= 0.3 is 0 Å². The van der Waals surface area contributed by atoms with Gasteiger partial charge in [0.1, 0.15) is 18.2 Å². The molecule has 2 aromatic rings. The van der Waals surface area contributed by atoms with Gasteiger partial charge in [-0.3, -0.25) is 4.79 Å². The molecule has 0 bridgehead atoms. The van der Waals surface area contributed by atoms with Crippen LogP contribution in [0.3, 0.4) is 0 Å². The van der Waals surface area contributed by atoms with Crippen molar-refractivity contribution >= 4 is 5.91 Å². The Morgan fingerprint density at radius 2 is 1.84 bits per heavy atom. The van der Waals surface area contributed by atoms with E-state index in [-0.39, 0.29) is 18.3 Å². The highest BCUT2D eigenvalue weighted by atomic mass is 19.1. The van der Waals surface area contributed by atoms with Crippen LogP contribution in [-0.2, 0) is 6.61 Å².